The van der Waals surface area contributed by atoms with Gasteiger partial charge in [-0.3, -0.25) is 10.3 Å². The van der Waals surface area contributed by atoms with Gasteiger partial charge in [0.1, 0.15) is 12.2 Å². The molecular weight excluding hydrogens is 334 g/mol. The Kier molecular flexibility index (Phi) is 6.54. The quantitative estimate of drug-likeness (QED) is 0.848. The number of hydrogen-bond acceptors (Lipinski definition) is 5. The van der Waals surface area contributed by atoms with Gasteiger partial charge in [0.15, 0.2) is 0 Å². The van der Waals surface area contributed by atoms with Gasteiger partial charge in [0.2, 0.25) is 0 Å². The number of pyridine rings is 1. The van der Waals surface area contributed by atoms with Gasteiger partial charge in [-0.05, 0) is 38.5 Å². The number of amides is 2. The number of alkyl carbamates (subject to hydrolysis) is 1. The molecule has 2 rings (SSSR count). The first-order valence-corrected chi connectivity index (χ1v) is 8.21. The second-order valence-electron chi connectivity index (χ2n) is 6.58. The summed E-state index contributed by atoms with van der Waals surface area (Å²) in [5, 5.41) is 5.22. The molecule has 0 saturated heterocycles. The monoisotopic (exact) mass is 357 g/mol. The average Bonchev–Trinajstić information content (AvgIpc) is 2.59. The van der Waals surface area contributed by atoms with Gasteiger partial charge in [-0.1, -0.05) is 30.3 Å². The third-order valence-electron chi connectivity index (χ3n) is 3.10. The zero-order valence-electron chi connectivity index (χ0n) is 15.1. The summed E-state index contributed by atoms with van der Waals surface area (Å²) in [6.07, 6.45) is 0.428. The van der Waals surface area contributed by atoms with Gasteiger partial charge in [0.25, 0.3) is 0 Å². The predicted molar refractivity (Wildman–Crippen MR) is 97.6 cm³/mol. The molecule has 0 aliphatic heterocycles. The Labute approximate surface area is 152 Å². The topological polar surface area (TPSA) is 89.6 Å². The zero-order valence-corrected chi connectivity index (χ0v) is 15.1. The molecule has 7 nitrogen and oxygen atoms in total. The maximum absolute atomic E-state index is 11.8. The number of carbonyl (C=O) groups is 2. The summed E-state index contributed by atoms with van der Waals surface area (Å²) >= 11 is 0. The number of hydrogen-bond donors (Lipinski definition) is 2. The van der Waals surface area contributed by atoms with Crippen LogP contribution in [0.1, 0.15) is 32.0 Å². The van der Waals surface area contributed by atoms with Crippen molar-refractivity contribution < 1.29 is 19.1 Å². The first-order chi connectivity index (χ1) is 12.3. The third-order valence-corrected chi connectivity index (χ3v) is 3.10. The summed E-state index contributed by atoms with van der Waals surface area (Å²) in [4.78, 5) is 27.6. The van der Waals surface area contributed by atoms with Crippen molar-refractivity contribution in [3.8, 4) is 0 Å². The Bertz CT molecular complexity index is 725. The average molecular weight is 357 g/mol. The highest BCUT2D eigenvalue weighted by Gasteiger charge is 2.15. The van der Waals surface area contributed by atoms with Crippen LogP contribution in [0.4, 0.5) is 15.3 Å². The summed E-state index contributed by atoms with van der Waals surface area (Å²) in [6.45, 7) is 5.80. The molecule has 7 heteroatoms. The highest BCUT2D eigenvalue weighted by atomic mass is 16.6. The molecule has 1 aromatic heterocycles. The van der Waals surface area contributed by atoms with E-state index in [4.69, 9.17) is 9.47 Å². The van der Waals surface area contributed by atoms with Crippen LogP contribution in [0.2, 0.25) is 0 Å². The number of nitrogens with one attached hydrogen (secondary N) is 2. The highest BCUT2D eigenvalue weighted by molar-refractivity contribution is 5.84. The van der Waals surface area contributed by atoms with Crippen LogP contribution in [-0.4, -0.2) is 22.8 Å². The molecule has 138 valence electrons. The van der Waals surface area contributed by atoms with E-state index < -0.39 is 17.8 Å². The summed E-state index contributed by atoms with van der Waals surface area (Å²) in [6, 6.07) is 12.8. The van der Waals surface area contributed by atoms with E-state index in [-0.39, 0.29) is 13.2 Å². The van der Waals surface area contributed by atoms with Gasteiger partial charge in [-0.2, -0.15) is 0 Å². The molecule has 0 radical (unpaired) electrons. The minimum Gasteiger partial charge on any atom is -0.444 e. The molecule has 0 aliphatic rings. The van der Waals surface area contributed by atoms with Gasteiger partial charge < -0.3 is 14.8 Å². The predicted octanol–water partition coefficient (Wildman–Crippen LogP) is 3.86. The summed E-state index contributed by atoms with van der Waals surface area (Å²) < 4.78 is 10.3. The van der Waals surface area contributed by atoms with Crippen molar-refractivity contribution in [3.63, 3.8) is 0 Å². The van der Waals surface area contributed by atoms with Gasteiger partial charge >= 0.3 is 12.2 Å². The lowest BCUT2D eigenvalue weighted by Crippen LogP contribution is -2.32. The third kappa shape index (κ3) is 7.21. The van der Waals surface area contributed by atoms with Crippen molar-refractivity contribution in [2.45, 2.75) is 39.5 Å². The van der Waals surface area contributed by atoms with E-state index in [1.54, 1.807) is 32.9 Å². The van der Waals surface area contributed by atoms with Crippen LogP contribution in [0.25, 0.3) is 0 Å². The van der Waals surface area contributed by atoms with Crippen LogP contribution in [-0.2, 0) is 22.6 Å². The van der Waals surface area contributed by atoms with E-state index in [2.05, 4.69) is 15.6 Å². The van der Waals surface area contributed by atoms with Crippen LogP contribution < -0.4 is 10.6 Å². The number of nitrogens with zero attached hydrogens (tertiary/aromatic N) is 1. The molecule has 26 heavy (non-hydrogen) atoms. The SMILES string of the molecule is CC(C)(C)OC(=O)NCc1ccc(NC(=O)OCc2ccccc2)cn1. The molecule has 0 fully saturated rings. The lowest BCUT2D eigenvalue weighted by molar-refractivity contribution is 0.0523. The van der Waals surface area contributed by atoms with Crippen molar-refractivity contribution in [3.05, 3.63) is 59.9 Å². The molecule has 2 aromatic rings. The van der Waals surface area contributed by atoms with Gasteiger partial charge in [0, 0.05) is 0 Å². The fourth-order valence-corrected chi connectivity index (χ4v) is 1.96. The molecule has 1 heterocycles. The molecule has 1 aromatic carbocycles. The van der Waals surface area contributed by atoms with E-state index in [1.807, 2.05) is 30.3 Å². The molecule has 0 bridgehead atoms. The smallest absolute Gasteiger partial charge is 0.412 e. The number of aromatic nitrogens is 1. The Balaban J connectivity index is 1.76. The second-order valence-corrected chi connectivity index (χ2v) is 6.58. The number of anilines is 1. The number of benzene rings is 1. The molecule has 2 amide bonds. The van der Waals surface area contributed by atoms with Crippen molar-refractivity contribution in [1.82, 2.24) is 10.3 Å². The Morgan fingerprint density at radius 1 is 1.04 bits per heavy atom. The van der Waals surface area contributed by atoms with Crippen LogP contribution in [0.5, 0.6) is 0 Å². The van der Waals surface area contributed by atoms with E-state index in [0.717, 1.165) is 5.56 Å². The minimum absolute atomic E-state index is 0.192. The van der Waals surface area contributed by atoms with Gasteiger partial charge in [-0.15, -0.1) is 0 Å². The molecule has 0 spiro atoms. The maximum atomic E-state index is 11.8. The van der Waals surface area contributed by atoms with Crippen molar-refractivity contribution in [2.75, 3.05) is 5.32 Å². The standard InChI is InChI=1S/C19H23N3O4/c1-19(2,3)26-17(23)21-11-15-9-10-16(12-20-15)22-18(24)25-13-14-7-5-4-6-8-14/h4-10,12H,11,13H2,1-3H3,(H,21,23)(H,22,24). The molecule has 0 atom stereocenters. The Morgan fingerprint density at radius 3 is 2.38 bits per heavy atom. The second kappa shape index (κ2) is 8.84. The minimum atomic E-state index is -0.560. The van der Waals surface area contributed by atoms with Crippen molar-refractivity contribution in [1.29, 1.82) is 0 Å². The molecule has 0 aliphatic carbocycles. The zero-order chi connectivity index (χ0) is 19.0. The highest BCUT2D eigenvalue weighted by Crippen LogP contribution is 2.09. The van der Waals surface area contributed by atoms with Gasteiger partial charge in [-0.25, -0.2) is 9.59 Å². The molecular formula is C19H23N3O4. The van der Waals surface area contributed by atoms with Crippen molar-refractivity contribution in [2.24, 2.45) is 0 Å². The number of ether oxygens (including phenoxy) is 2. The van der Waals surface area contributed by atoms with Crippen LogP contribution >= 0.6 is 0 Å². The summed E-state index contributed by atoms with van der Waals surface area (Å²) in [5.74, 6) is 0. The lowest BCUT2D eigenvalue weighted by Gasteiger charge is -2.19. The number of rotatable bonds is 5. The van der Waals surface area contributed by atoms with E-state index in [0.29, 0.717) is 11.4 Å². The summed E-state index contributed by atoms with van der Waals surface area (Å²) in [7, 11) is 0. The Hall–Kier alpha value is -3.09. The molecule has 2 N–H and O–H groups in total. The van der Waals surface area contributed by atoms with E-state index >= 15 is 0 Å². The van der Waals surface area contributed by atoms with Crippen LogP contribution in [0.15, 0.2) is 48.7 Å². The normalized spacial score (nSPS) is 10.7. The van der Waals surface area contributed by atoms with Crippen LogP contribution in [0.3, 0.4) is 0 Å². The van der Waals surface area contributed by atoms with Gasteiger partial charge in [0.05, 0.1) is 24.1 Å². The molecule has 0 saturated carbocycles. The van der Waals surface area contributed by atoms with E-state index in [9.17, 15) is 9.59 Å². The Morgan fingerprint density at radius 2 is 1.77 bits per heavy atom. The van der Waals surface area contributed by atoms with Crippen molar-refractivity contribution >= 4 is 17.9 Å². The number of carbonyl (C=O) groups excluding carboxylic acids is 2. The fourth-order valence-electron chi connectivity index (χ4n) is 1.96. The summed E-state index contributed by atoms with van der Waals surface area (Å²) in [5.41, 5.74) is 1.50. The molecule has 0 unspecified atom stereocenters. The maximum Gasteiger partial charge on any atom is 0.412 e. The first kappa shape index (κ1) is 19.2. The van der Waals surface area contributed by atoms with E-state index in [1.165, 1.54) is 6.20 Å². The van der Waals surface area contributed by atoms with Crippen LogP contribution in [0, 0.1) is 0 Å². The largest absolute Gasteiger partial charge is 0.444 e. The fraction of sp³-hybridized carbons (Fsp3) is 0.316. The first-order valence-electron chi connectivity index (χ1n) is 8.21. The lowest BCUT2D eigenvalue weighted by atomic mass is 10.2.